The summed E-state index contributed by atoms with van der Waals surface area (Å²) in [5.74, 6) is 0.212. The Kier molecular flexibility index (Phi) is 5.17. The predicted molar refractivity (Wildman–Crippen MR) is 75.3 cm³/mol. The van der Waals surface area contributed by atoms with Gasteiger partial charge in [0, 0.05) is 31.6 Å². The van der Waals surface area contributed by atoms with Gasteiger partial charge in [-0.3, -0.25) is 4.79 Å². The summed E-state index contributed by atoms with van der Waals surface area (Å²) in [5, 5.41) is 0. The Balaban J connectivity index is 2.51. The second kappa shape index (κ2) is 6.02. The minimum absolute atomic E-state index is 0.00754. The summed E-state index contributed by atoms with van der Waals surface area (Å²) >= 11 is 0. The third-order valence-corrected chi connectivity index (χ3v) is 3.99. The zero-order chi connectivity index (χ0) is 13.9. The predicted octanol–water partition coefficient (Wildman–Crippen LogP) is 1.30. The number of likely N-dealkylation sites (tertiary alicyclic amines) is 1. The molecule has 4 heteroatoms. The quantitative estimate of drug-likeness (QED) is 0.827. The molecule has 1 saturated heterocycles. The fourth-order valence-electron chi connectivity index (χ4n) is 2.23. The molecule has 1 rings (SSSR count). The monoisotopic (exact) mass is 255 g/mol. The smallest absolute Gasteiger partial charge is 0.224 e. The molecule has 0 aromatic heterocycles. The summed E-state index contributed by atoms with van der Waals surface area (Å²) in [6.45, 7) is 8.00. The molecule has 2 N–H and O–H groups in total. The number of hydrogen-bond donors (Lipinski definition) is 1. The summed E-state index contributed by atoms with van der Waals surface area (Å²) in [4.78, 5) is 16.4. The van der Waals surface area contributed by atoms with E-state index in [0.717, 1.165) is 19.5 Å². The van der Waals surface area contributed by atoms with Crippen molar-refractivity contribution >= 4 is 5.91 Å². The van der Waals surface area contributed by atoms with Gasteiger partial charge in [-0.2, -0.15) is 0 Å². The van der Waals surface area contributed by atoms with Crippen LogP contribution in [-0.4, -0.2) is 55.0 Å². The third kappa shape index (κ3) is 4.25. The molecule has 2 atom stereocenters. The number of carbonyl (C=O) groups excluding carboxylic acids is 1. The summed E-state index contributed by atoms with van der Waals surface area (Å²) in [6, 6.07) is 0.429. The molecule has 1 amide bonds. The van der Waals surface area contributed by atoms with Crippen LogP contribution in [0.1, 0.15) is 40.0 Å². The average Bonchev–Trinajstić information content (AvgIpc) is 2.27. The van der Waals surface area contributed by atoms with E-state index < -0.39 is 0 Å². The average molecular weight is 255 g/mol. The maximum Gasteiger partial charge on any atom is 0.224 e. The molecule has 0 spiro atoms. The normalized spacial score (nSPS) is 23.3. The molecule has 2 unspecified atom stereocenters. The highest BCUT2D eigenvalue weighted by molar-refractivity contribution is 5.77. The van der Waals surface area contributed by atoms with Crippen molar-refractivity contribution in [1.29, 1.82) is 0 Å². The minimum atomic E-state index is -0.0651. The number of carbonyl (C=O) groups is 1. The lowest BCUT2D eigenvalue weighted by Gasteiger charge is -2.37. The van der Waals surface area contributed by atoms with Crippen LogP contribution in [0.3, 0.4) is 0 Å². The number of piperidine rings is 1. The number of likely N-dealkylation sites (N-methyl/N-ethyl adjacent to an activating group) is 1. The molecule has 0 bridgehead atoms. The topological polar surface area (TPSA) is 49.6 Å². The van der Waals surface area contributed by atoms with E-state index >= 15 is 0 Å². The first-order valence-electron chi connectivity index (χ1n) is 6.91. The Morgan fingerprint density at radius 3 is 2.56 bits per heavy atom. The SMILES string of the molecule is CN(C)C1CCCN(C(=O)CC(N)C(C)(C)C)C1. The van der Waals surface area contributed by atoms with E-state index in [1.165, 1.54) is 6.42 Å². The van der Waals surface area contributed by atoms with Gasteiger partial charge in [-0.1, -0.05) is 20.8 Å². The van der Waals surface area contributed by atoms with E-state index in [9.17, 15) is 4.79 Å². The van der Waals surface area contributed by atoms with Crippen LogP contribution in [0.15, 0.2) is 0 Å². The Morgan fingerprint density at radius 2 is 2.06 bits per heavy atom. The number of nitrogens with two attached hydrogens (primary N) is 1. The van der Waals surface area contributed by atoms with Crippen molar-refractivity contribution in [3.8, 4) is 0 Å². The van der Waals surface area contributed by atoms with Gasteiger partial charge in [0.2, 0.25) is 5.91 Å². The van der Waals surface area contributed by atoms with Gasteiger partial charge in [0.25, 0.3) is 0 Å². The van der Waals surface area contributed by atoms with Crippen molar-refractivity contribution in [3.63, 3.8) is 0 Å². The first-order chi connectivity index (χ1) is 8.21. The molecule has 0 aliphatic carbocycles. The molecule has 106 valence electrons. The van der Waals surface area contributed by atoms with Crippen LogP contribution in [0.25, 0.3) is 0 Å². The molecule has 1 aliphatic heterocycles. The Labute approximate surface area is 111 Å². The maximum atomic E-state index is 12.3. The molecule has 1 aliphatic rings. The van der Waals surface area contributed by atoms with Crippen LogP contribution in [0.4, 0.5) is 0 Å². The van der Waals surface area contributed by atoms with Gasteiger partial charge >= 0.3 is 0 Å². The highest BCUT2D eigenvalue weighted by atomic mass is 16.2. The molecule has 1 fully saturated rings. The van der Waals surface area contributed by atoms with Crippen molar-refractivity contribution in [3.05, 3.63) is 0 Å². The zero-order valence-corrected chi connectivity index (χ0v) is 12.6. The van der Waals surface area contributed by atoms with E-state index in [2.05, 4.69) is 39.8 Å². The molecule has 0 saturated carbocycles. The highest BCUT2D eigenvalue weighted by Crippen LogP contribution is 2.22. The van der Waals surface area contributed by atoms with Crippen LogP contribution in [0.5, 0.6) is 0 Å². The molecule has 1 heterocycles. The fourth-order valence-corrected chi connectivity index (χ4v) is 2.23. The lowest BCUT2D eigenvalue weighted by atomic mass is 9.85. The van der Waals surface area contributed by atoms with Crippen molar-refractivity contribution in [2.75, 3.05) is 27.2 Å². The highest BCUT2D eigenvalue weighted by Gasteiger charge is 2.29. The maximum absolute atomic E-state index is 12.3. The largest absolute Gasteiger partial charge is 0.341 e. The molecule has 4 nitrogen and oxygen atoms in total. The van der Waals surface area contributed by atoms with Crippen molar-refractivity contribution < 1.29 is 4.79 Å². The van der Waals surface area contributed by atoms with E-state index in [4.69, 9.17) is 5.73 Å². The fraction of sp³-hybridized carbons (Fsp3) is 0.929. The molecular formula is C14H29N3O. The lowest BCUT2D eigenvalue weighted by molar-refractivity contribution is -0.134. The van der Waals surface area contributed by atoms with Crippen LogP contribution >= 0.6 is 0 Å². The molecule has 0 aromatic carbocycles. The standard InChI is InChI=1S/C14H29N3O/c1-14(2,3)12(15)9-13(18)17-8-6-7-11(10-17)16(4)5/h11-12H,6-10,15H2,1-5H3. The lowest BCUT2D eigenvalue weighted by Crippen LogP contribution is -2.49. The van der Waals surface area contributed by atoms with Gasteiger partial charge in [0.05, 0.1) is 0 Å². The van der Waals surface area contributed by atoms with E-state index in [0.29, 0.717) is 12.5 Å². The van der Waals surface area contributed by atoms with Crippen LogP contribution in [-0.2, 0) is 4.79 Å². The van der Waals surface area contributed by atoms with Crippen LogP contribution in [0, 0.1) is 5.41 Å². The van der Waals surface area contributed by atoms with Crippen molar-refractivity contribution in [1.82, 2.24) is 9.80 Å². The number of rotatable bonds is 3. The summed E-state index contributed by atoms with van der Waals surface area (Å²) in [5.41, 5.74) is 6.09. The second-order valence-corrected chi connectivity index (χ2v) is 6.78. The molecular weight excluding hydrogens is 226 g/mol. The molecule has 0 aromatic rings. The van der Waals surface area contributed by atoms with E-state index in [1.807, 2.05) is 4.90 Å². The number of hydrogen-bond acceptors (Lipinski definition) is 3. The Bertz CT molecular complexity index is 283. The molecule has 0 radical (unpaired) electrons. The Morgan fingerprint density at radius 1 is 1.44 bits per heavy atom. The first-order valence-corrected chi connectivity index (χ1v) is 6.91. The van der Waals surface area contributed by atoms with E-state index in [-0.39, 0.29) is 17.4 Å². The van der Waals surface area contributed by atoms with Gasteiger partial charge in [0.1, 0.15) is 0 Å². The van der Waals surface area contributed by atoms with Crippen molar-refractivity contribution in [2.24, 2.45) is 11.1 Å². The first kappa shape index (κ1) is 15.4. The summed E-state index contributed by atoms with van der Waals surface area (Å²) < 4.78 is 0. The zero-order valence-electron chi connectivity index (χ0n) is 12.6. The summed E-state index contributed by atoms with van der Waals surface area (Å²) in [6.07, 6.45) is 2.74. The van der Waals surface area contributed by atoms with Gasteiger partial charge in [0.15, 0.2) is 0 Å². The van der Waals surface area contributed by atoms with Gasteiger partial charge < -0.3 is 15.5 Å². The summed E-state index contributed by atoms with van der Waals surface area (Å²) in [7, 11) is 4.17. The van der Waals surface area contributed by atoms with Gasteiger partial charge in [-0.25, -0.2) is 0 Å². The van der Waals surface area contributed by atoms with Gasteiger partial charge in [-0.15, -0.1) is 0 Å². The van der Waals surface area contributed by atoms with E-state index in [1.54, 1.807) is 0 Å². The third-order valence-electron chi connectivity index (χ3n) is 3.99. The Hall–Kier alpha value is -0.610. The minimum Gasteiger partial charge on any atom is -0.341 e. The molecule has 18 heavy (non-hydrogen) atoms. The van der Waals surface area contributed by atoms with Crippen molar-refractivity contribution in [2.45, 2.75) is 52.1 Å². The van der Waals surface area contributed by atoms with Crippen LogP contribution < -0.4 is 5.73 Å². The van der Waals surface area contributed by atoms with Crippen LogP contribution in [0.2, 0.25) is 0 Å². The second-order valence-electron chi connectivity index (χ2n) is 6.78. The van der Waals surface area contributed by atoms with Gasteiger partial charge in [-0.05, 0) is 32.4 Å². The number of amides is 1. The number of nitrogens with zero attached hydrogens (tertiary/aromatic N) is 2.